The second kappa shape index (κ2) is 5.92. The van der Waals surface area contributed by atoms with E-state index < -0.39 is 0 Å². The molecule has 0 aliphatic carbocycles. The highest BCUT2D eigenvalue weighted by molar-refractivity contribution is 5.92. The van der Waals surface area contributed by atoms with Crippen molar-refractivity contribution >= 4 is 11.8 Å². The van der Waals surface area contributed by atoms with E-state index in [1.807, 2.05) is 6.92 Å². The van der Waals surface area contributed by atoms with E-state index in [4.69, 9.17) is 0 Å². The Labute approximate surface area is 126 Å². The molecule has 2 amide bonds. The highest BCUT2D eigenvalue weighted by atomic mass is 16.2. The maximum atomic E-state index is 12.3. The predicted molar refractivity (Wildman–Crippen MR) is 73.6 cm³/mol. The van der Waals surface area contributed by atoms with Crippen LogP contribution in [0.4, 0.5) is 0 Å². The molecule has 3 heterocycles. The number of rotatable bonds is 3. The number of nitrogens with zero attached hydrogens (tertiary/aromatic N) is 7. The minimum Gasteiger partial charge on any atom is -0.338 e. The molecule has 1 aliphatic rings. The number of carbonyl (C=O) groups is 2. The van der Waals surface area contributed by atoms with Crippen LogP contribution in [0.3, 0.4) is 0 Å². The fraction of sp³-hybridized carbons (Fsp3) is 0.500. The molecule has 3 rings (SSSR count). The molecule has 116 valence electrons. The molecule has 2 aromatic rings. The fourth-order valence-electron chi connectivity index (χ4n) is 2.34. The standard InChI is InChI=1S/C12H16N8O2/c1-9-6-10(15-14-9)12(22)19-4-2-18(3-5-19)11(21)7-20-8-13-16-17-20/h6,8H,2-5,7H2,1H3,(H,14,15). The van der Waals surface area contributed by atoms with Crippen LogP contribution in [0.15, 0.2) is 12.4 Å². The van der Waals surface area contributed by atoms with Gasteiger partial charge < -0.3 is 9.80 Å². The zero-order valence-corrected chi connectivity index (χ0v) is 12.1. The average Bonchev–Trinajstić information content (AvgIpc) is 3.18. The van der Waals surface area contributed by atoms with Gasteiger partial charge in [-0.15, -0.1) is 5.10 Å². The number of amides is 2. The van der Waals surface area contributed by atoms with Crippen LogP contribution < -0.4 is 0 Å². The Morgan fingerprint density at radius 3 is 2.55 bits per heavy atom. The molecule has 1 aliphatic heterocycles. The Morgan fingerprint density at radius 2 is 1.95 bits per heavy atom. The summed E-state index contributed by atoms with van der Waals surface area (Å²) in [5.74, 6) is -0.174. The summed E-state index contributed by atoms with van der Waals surface area (Å²) in [7, 11) is 0. The van der Waals surface area contributed by atoms with Gasteiger partial charge in [-0.2, -0.15) is 5.10 Å². The van der Waals surface area contributed by atoms with Crippen molar-refractivity contribution in [2.75, 3.05) is 26.2 Å². The number of nitrogens with one attached hydrogen (secondary N) is 1. The number of H-pyrrole nitrogens is 1. The zero-order chi connectivity index (χ0) is 15.5. The molecule has 0 saturated carbocycles. The van der Waals surface area contributed by atoms with Gasteiger partial charge in [-0.05, 0) is 23.4 Å². The van der Waals surface area contributed by atoms with Gasteiger partial charge in [-0.1, -0.05) is 0 Å². The Morgan fingerprint density at radius 1 is 1.23 bits per heavy atom. The number of tetrazole rings is 1. The number of hydrogen-bond donors (Lipinski definition) is 1. The Balaban J connectivity index is 1.54. The normalized spacial score (nSPS) is 15.1. The monoisotopic (exact) mass is 304 g/mol. The first kappa shape index (κ1) is 14.2. The molecular weight excluding hydrogens is 288 g/mol. The van der Waals surface area contributed by atoms with E-state index in [2.05, 4.69) is 25.7 Å². The van der Waals surface area contributed by atoms with E-state index in [1.54, 1.807) is 15.9 Å². The van der Waals surface area contributed by atoms with Gasteiger partial charge in [0.15, 0.2) is 0 Å². The highest BCUT2D eigenvalue weighted by Gasteiger charge is 2.26. The van der Waals surface area contributed by atoms with Crippen molar-refractivity contribution in [2.45, 2.75) is 13.5 Å². The number of aryl methyl sites for hydroxylation is 1. The minimum atomic E-state index is -0.114. The van der Waals surface area contributed by atoms with Crippen molar-refractivity contribution in [3.05, 3.63) is 23.8 Å². The van der Waals surface area contributed by atoms with Gasteiger partial charge in [0, 0.05) is 31.9 Å². The van der Waals surface area contributed by atoms with E-state index in [0.717, 1.165) is 5.69 Å². The fourth-order valence-corrected chi connectivity index (χ4v) is 2.34. The lowest BCUT2D eigenvalue weighted by Gasteiger charge is -2.34. The molecule has 1 saturated heterocycles. The van der Waals surface area contributed by atoms with Crippen molar-refractivity contribution in [1.29, 1.82) is 0 Å². The summed E-state index contributed by atoms with van der Waals surface area (Å²) < 4.78 is 1.38. The summed E-state index contributed by atoms with van der Waals surface area (Å²) in [6.07, 6.45) is 1.40. The van der Waals surface area contributed by atoms with E-state index in [0.29, 0.717) is 31.9 Å². The van der Waals surface area contributed by atoms with Crippen molar-refractivity contribution < 1.29 is 9.59 Å². The van der Waals surface area contributed by atoms with Gasteiger partial charge in [0.1, 0.15) is 18.6 Å². The van der Waals surface area contributed by atoms with Crippen LogP contribution in [0.5, 0.6) is 0 Å². The van der Waals surface area contributed by atoms with Gasteiger partial charge >= 0.3 is 0 Å². The smallest absolute Gasteiger partial charge is 0.274 e. The Kier molecular flexibility index (Phi) is 3.81. The van der Waals surface area contributed by atoms with Gasteiger partial charge in [0.2, 0.25) is 5.91 Å². The summed E-state index contributed by atoms with van der Waals surface area (Å²) in [5.41, 5.74) is 1.25. The van der Waals surface area contributed by atoms with Crippen LogP contribution in [0.2, 0.25) is 0 Å². The van der Waals surface area contributed by atoms with Crippen LogP contribution in [0, 0.1) is 6.92 Å². The molecular formula is C12H16N8O2. The van der Waals surface area contributed by atoms with Crippen LogP contribution in [-0.4, -0.2) is 78.2 Å². The van der Waals surface area contributed by atoms with E-state index >= 15 is 0 Å². The topological polar surface area (TPSA) is 113 Å². The van der Waals surface area contributed by atoms with Gasteiger partial charge in [-0.3, -0.25) is 14.7 Å². The molecule has 0 spiro atoms. The highest BCUT2D eigenvalue weighted by Crippen LogP contribution is 2.08. The number of hydrogen-bond acceptors (Lipinski definition) is 6. The third kappa shape index (κ3) is 2.95. The molecule has 22 heavy (non-hydrogen) atoms. The van der Waals surface area contributed by atoms with Crippen molar-refractivity contribution in [1.82, 2.24) is 40.2 Å². The summed E-state index contributed by atoms with van der Waals surface area (Å²) >= 11 is 0. The van der Waals surface area contributed by atoms with Crippen molar-refractivity contribution in [2.24, 2.45) is 0 Å². The first-order chi connectivity index (χ1) is 10.6. The molecule has 10 nitrogen and oxygen atoms in total. The molecule has 2 aromatic heterocycles. The molecule has 0 bridgehead atoms. The second-order valence-electron chi connectivity index (χ2n) is 5.12. The summed E-state index contributed by atoms with van der Waals surface area (Å²) in [4.78, 5) is 27.8. The summed E-state index contributed by atoms with van der Waals surface area (Å²) in [6.45, 7) is 3.93. The van der Waals surface area contributed by atoms with Crippen LogP contribution in [-0.2, 0) is 11.3 Å². The maximum Gasteiger partial charge on any atom is 0.274 e. The molecule has 0 atom stereocenters. The van der Waals surface area contributed by atoms with Crippen molar-refractivity contribution in [3.8, 4) is 0 Å². The lowest BCUT2D eigenvalue weighted by Crippen LogP contribution is -2.51. The first-order valence-corrected chi connectivity index (χ1v) is 6.93. The Bertz CT molecular complexity index is 656. The lowest BCUT2D eigenvalue weighted by atomic mass is 10.2. The lowest BCUT2D eigenvalue weighted by molar-refractivity contribution is -0.133. The maximum absolute atomic E-state index is 12.3. The third-order valence-corrected chi connectivity index (χ3v) is 3.53. The molecule has 0 radical (unpaired) electrons. The average molecular weight is 304 g/mol. The van der Waals surface area contributed by atoms with E-state index in [1.165, 1.54) is 11.0 Å². The number of carbonyl (C=O) groups excluding carboxylic acids is 2. The van der Waals surface area contributed by atoms with E-state index in [-0.39, 0.29) is 18.4 Å². The molecule has 0 unspecified atom stereocenters. The van der Waals surface area contributed by atoms with Crippen molar-refractivity contribution in [3.63, 3.8) is 0 Å². The van der Waals surface area contributed by atoms with E-state index in [9.17, 15) is 9.59 Å². The predicted octanol–water partition coefficient (Wildman–Crippen LogP) is -1.31. The second-order valence-corrected chi connectivity index (χ2v) is 5.12. The molecule has 0 aromatic carbocycles. The number of aromatic nitrogens is 6. The molecule has 10 heteroatoms. The Hall–Kier alpha value is -2.78. The third-order valence-electron chi connectivity index (χ3n) is 3.53. The SMILES string of the molecule is Cc1cc(C(=O)N2CCN(C(=O)Cn3cnnn3)CC2)n[nH]1. The minimum absolute atomic E-state index is 0.0602. The summed E-state index contributed by atoms with van der Waals surface area (Å²) in [5, 5.41) is 17.4. The molecule has 1 N–H and O–H groups in total. The number of aromatic amines is 1. The first-order valence-electron chi connectivity index (χ1n) is 6.93. The summed E-state index contributed by atoms with van der Waals surface area (Å²) in [6, 6.07) is 1.72. The van der Waals surface area contributed by atoms with Crippen LogP contribution >= 0.6 is 0 Å². The van der Waals surface area contributed by atoms with Crippen LogP contribution in [0.25, 0.3) is 0 Å². The molecule has 1 fully saturated rings. The largest absolute Gasteiger partial charge is 0.338 e. The number of piperazine rings is 1. The van der Waals surface area contributed by atoms with Crippen LogP contribution in [0.1, 0.15) is 16.2 Å². The zero-order valence-electron chi connectivity index (χ0n) is 12.1. The van der Waals surface area contributed by atoms with Gasteiger partial charge in [0.05, 0.1) is 0 Å². The quantitative estimate of drug-likeness (QED) is 0.753. The van der Waals surface area contributed by atoms with Gasteiger partial charge in [-0.25, -0.2) is 4.68 Å². The van der Waals surface area contributed by atoms with Gasteiger partial charge in [0.25, 0.3) is 5.91 Å².